The second-order valence-corrected chi connectivity index (χ2v) is 10.3. The van der Waals surface area contributed by atoms with Crippen molar-refractivity contribution in [3.8, 4) is 11.8 Å². The molecular formula is C31H30N3O3+. The third-order valence-electron chi connectivity index (χ3n) is 8.03. The molecule has 186 valence electrons. The first-order valence-corrected chi connectivity index (χ1v) is 12.9. The molecule has 3 aromatic carbocycles. The molecule has 0 aliphatic carbocycles. The first kappa shape index (κ1) is 23.5. The Morgan fingerprint density at radius 2 is 1.65 bits per heavy atom. The Morgan fingerprint density at radius 1 is 0.973 bits per heavy atom. The van der Waals surface area contributed by atoms with Crippen LogP contribution in [-0.4, -0.2) is 40.3 Å². The van der Waals surface area contributed by atoms with E-state index in [1.807, 2.05) is 78.9 Å². The quantitative estimate of drug-likeness (QED) is 0.367. The second-order valence-electron chi connectivity index (χ2n) is 10.3. The summed E-state index contributed by atoms with van der Waals surface area (Å²) in [7, 11) is 0. The molecule has 2 bridgehead atoms. The Balaban J connectivity index is 1.26. The highest BCUT2D eigenvalue weighted by molar-refractivity contribution is 5.41. The summed E-state index contributed by atoms with van der Waals surface area (Å²) in [4.78, 5) is 4.60. The van der Waals surface area contributed by atoms with Crippen LogP contribution in [0.25, 0.3) is 0 Å². The number of ether oxygens (including phenoxy) is 1. The molecule has 1 aromatic heterocycles. The Bertz CT molecular complexity index is 1360. The molecule has 3 aliphatic heterocycles. The SMILES string of the molecule is N#Cc1cccc(OC2C[N+]3(Cc4cnc(C(O)(c5ccccc5)c5ccccc5)o4)CCC2CC3)c1. The molecule has 4 aromatic rings. The van der Waals surface area contributed by atoms with Crippen LogP contribution in [0.2, 0.25) is 0 Å². The van der Waals surface area contributed by atoms with E-state index in [2.05, 4.69) is 11.1 Å². The van der Waals surface area contributed by atoms with Gasteiger partial charge in [-0.3, -0.25) is 0 Å². The third-order valence-corrected chi connectivity index (χ3v) is 8.03. The summed E-state index contributed by atoms with van der Waals surface area (Å²) in [5.41, 5.74) is 0.565. The van der Waals surface area contributed by atoms with Crippen LogP contribution >= 0.6 is 0 Å². The van der Waals surface area contributed by atoms with Crippen molar-refractivity contribution in [1.82, 2.24) is 4.98 Å². The van der Waals surface area contributed by atoms with E-state index < -0.39 is 5.60 Å². The van der Waals surface area contributed by atoms with Crippen LogP contribution in [0.5, 0.6) is 5.75 Å². The number of hydrogen-bond acceptors (Lipinski definition) is 5. The number of fused-ring (bicyclic) bond motifs is 3. The standard InChI is InChI=1S/C31H30N3O3/c32-19-23-8-7-13-27(18-23)36-29-22-34(16-14-24(29)15-17-34)21-28-20-33-30(37-28)31(35,25-9-3-1-4-10-25)26-11-5-2-6-12-26/h1-13,18,20,24,29,35H,14-17,21-22H2/q+1. The van der Waals surface area contributed by atoms with Crippen LogP contribution in [-0.2, 0) is 12.1 Å². The molecule has 6 heteroatoms. The summed E-state index contributed by atoms with van der Waals surface area (Å²) >= 11 is 0. The largest absolute Gasteiger partial charge is 0.484 e. The van der Waals surface area contributed by atoms with E-state index in [-0.39, 0.29) is 12.0 Å². The number of piperidine rings is 3. The first-order chi connectivity index (χ1) is 18.1. The van der Waals surface area contributed by atoms with Gasteiger partial charge in [0.25, 0.3) is 0 Å². The maximum absolute atomic E-state index is 12.0. The van der Waals surface area contributed by atoms with Crippen molar-refractivity contribution in [2.45, 2.75) is 31.1 Å². The molecule has 0 spiro atoms. The van der Waals surface area contributed by atoms with Crippen molar-refractivity contribution < 1.29 is 18.7 Å². The van der Waals surface area contributed by atoms with Crippen LogP contribution < -0.4 is 4.74 Å². The molecule has 1 atom stereocenters. The van der Waals surface area contributed by atoms with Crippen molar-refractivity contribution >= 4 is 0 Å². The number of aliphatic hydroxyl groups is 1. The lowest BCUT2D eigenvalue weighted by molar-refractivity contribution is -0.958. The summed E-state index contributed by atoms with van der Waals surface area (Å²) in [6.07, 6.45) is 4.07. The highest BCUT2D eigenvalue weighted by Gasteiger charge is 2.48. The number of nitrogens with zero attached hydrogens (tertiary/aromatic N) is 3. The predicted octanol–water partition coefficient (Wildman–Crippen LogP) is 5.02. The van der Waals surface area contributed by atoms with Gasteiger partial charge in [-0.1, -0.05) is 66.7 Å². The molecular weight excluding hydrogens is 462 g/mol. The molecule has 0 saturated carbocycles. The van der Waals surface area contributed by atoms with Gasteiger partial charge in [-0.2, -0.15) is 5.26 Å². The lowest BCUT2D eigenvalue weighted by Gasteiger charge is -2.51. The van der Waals surface area contributed by atoms with Crippen molar-refractivity contribution in [2.75, 3.05) is 19.6 Å². The van der Waals surface area contributed by atoms with Crippen molar-refractivity contribution in [3.63, 3.8) is 0 Å². The summed E-state index contributed by atoms with van der Waals surface area (Å²) in [5.74, 6) is 2.34. The monoisotopic (exact) mass is 492 g/mol. The maximum atomic E-state index is 12.0. The minimum absolute atomic E-state index is 0.101. The predicted molar refractivity (Wildman–Crippen MR) is 138 cm³/mol. The van der Waals surface area contributed by atoms with Gasteiger partial charge in [0.15, 0.2) is 17.5 Å². The fourth-order valence-electron chi connectivity index (χ4n) is 6.04. The van der Waals surface area contributed by atoms with E-state index in [9.17, 15) is 10.4 Å². The fourth-order valence-corrected chi connectivity index (χ4v) is 6.04. The highest BCUT2D eigenvalue weighted by atomic mass is 16.5. The Kier molecular flexibility index (Phi) is 6.03. The van der Waals surface area contributed by atoms with Gasteiger partial charge in [0.05, 0.1) is 30.9 Å². The smallest absolute Gasteiger partial charge is 0.236 e. The molecule has 37 heavy (non-hydrogen) atoms. The number of nitriles is 1. The number of quaternary nitrogens is 1. The maximum Gasteiger partial charge on any atom is 0.236 e. The lowest BCUT2D eigenvalue weighted by atomic mass is 9.83. The van der Waals surface area contributed by atoms with Crippen molar-refractivity contribution in [2.24, 2.45) is 5.92 Å². The van der Waals surface area contributed by atoms with E-state index in [4.69, 9.17) is 9.15 Å². The van der Waals surface area contributed by atoms with Crippen LogP contribution in [0.4, 0.5) is 0 Å². The average Bonchev–Trinajstić information content (AvgIpc) is 3.42. The number of rotatable bonds is 7. The summed E-state index contributed by atoms with van der Waals surface area (Å²) in [6, 6.07) is 28.7. The second kappa shape index (κ2) is 9.51. The van der Waals surface area contributed by atoms with Gasteiger partial charge in [-0.25, -0.2) is 4.98 Å². The molecule has 4 heterocycles. The van der Waals surface area contributed by atoms with Crippen LogP contribution in [0.3, 0.4) is 0 Å². The normalized spacial score (nSPS) is 22.9. The molecule has 7 rings (SSSR count). The fraction of sp³-hybridized carbons (Fsp3) is 0.290. The van der Waals surface area contributed by atoms with Crippen LogP contribution in [0.15, 0.2) is 95.5 Å². The summed E-state index contributed by atoms with van der Waals surface area (Å²) < 4.78 is 13.6. The van der Waals surface area contributed by atoms with E-state index in [1.165, 1.54) is 0 Å². The minimum atomic E-state index is -1.48. The number of benzene rings is 3. The van der Waals surface area contributed by atoms with Gasteiger partial charge in [0.1, 0.15) is 18.8 Å². The number of oxazole rings is 1. The van der Waals surface area contributed by atoms with Crippen molar-refractivity contribution in [3.05, 3.63) is 119 Å². The van der Waals surface area contributed by atoms with Gasteiger partial charge in [0, 0.05) is 18.8 Å². The van der Waals surface area contributed by atoms with E-state index in [0.29, 0.717) is 29.2 Å². The molecule has 0 radical (unpaired) electrons. The average molecular weight is 493 g/mol. The van der Waals surface area contributed by atoms with Crippen LogP contribution in [0, 0.1) is 17.2 Å². The van der Waals surface area contributed by atoms with Gasteiger partial charge in [-0.15, -0.1) is 0 Å². The zero-order chi connectivity index (χ0) is 25.3. The molecule has 1 N–H and O–H groups in total. The van der Waals surface area contributed by atoms with Gasteiger partial charge in [0.2, 0.25) is 5.89 Å². The minimum Gasteiger partial charge on any atom is -0.484 e. The Labute approximate surface area is 217 Å². The Morgan fingerprint density at radius 3 is 2.30 bits per heavy atom. The van der Waals surface area contributed by atoms with Crippen molar-refractivity contribution in [1.29, 1.82) is 5.26 Å². The summed E-state index contributed by atoms with van der Waals surface area (Å²) in [5, 5.41) is 21.3. The molecule has 1 unspecified atom stereocenters. The van der Waals surface area contributed by atoms with E-state index in [1.54, 1.807) is 12.3 Å². The number of aromatic nitrogens is 1. The molecule has 3 fully saturated rings. The Hall–Kier alpha value is -3.92. The van der Waals surface area contributed by atoms with E-state index in [0.717, 1.165) is 48.5 Å². The molecule has 0 amide bonds. The number of hydrogen-bond donors (Lipinski definition) is 1. The third kappa shape index (κ3) is 4.42. The topological polar surface area (TPSA) is 79.3 Å². The lowest BCUT2D eigenvalue weighted by Crippen LogP contribution is -2.64. The molecule has 6 nitrogen and oxygen atoms in total. The van der Waals surface area contributed by atoms with E-state index >= 15 is 0 Å². The van der Waals surface area contributed by atoms with Gasteiger partial charge in [-0.05, 0) is 29.3 Å². The zero-order valence-electron chi connectivity index (χ0n) is 20.7. The van der Waals surface area contributed by atoms with Crippen LogP contribution in [0.1, 0.15) is 41.2 Å². The molecule has 3 saturated heterocycles. The van der Waals surface area contributed by atoms with Gasteiger partial charge >= 0.3 is 0 Å². The molecule has 3 aliphatic rings. The first-order valence-electron chi connectivity index (χ1n) is 12.9. The highest BCUT2D eigenvalue weighted by Crippen LogP contribution is 2.39. The zero-order valence-corrected chi connectivity index (χ0v) is 20.7. The van der Waals surface area contributed by atoms with Gasteiger partial charge < -0.3 is 18.7 Å². The summed E-state index contributed by atoms with van der Waals surface area (Å²) in [6.45, 7) is 3.73.